The van der Waals surface area contributed by atoms with E-state index in [4.69, 9.17) is 9.47 Å². The zero-order valence-electron chi connectivity index (χ0n) is 12.6. The Bertz CT molecular complexity index is 616. The predicted molar refractivity (Wildman–Crippen MR) is 83.4 cm³/mol. The first-order valence-corrected chi connectivity index (χ1v) is 7.58. The number of carbonyl (C=O) groups is 3. The van der Waals surface area contributed by atoms with E-state index >= 15 is 0 Å². The highest BCUT2D eigenvalue weighted by atomic mass is 32.2. The van der Waals surface area contributed by atoms with E-state index in [-0.39, 0.29) is 22.7 Å². The van der Waals surface area contributed by atoms with Gasteiger partial charge in [-0.25, -0.2) is 4.79 Å². The van der Waals surface area contributed by atoms with Crippen molar-refractivity contribution >= 4 is 34.4 Å². The first-order valence-electron chi connectivity index (χ1n) is 6.70. The van der Waals surface area contributed by atoms with Gasteiger partial charge >= 0.3 is 5.97 Å². The van der Waals surface area contributed by atoms with Crippen molar-refractivity contribution in [3.63, 3.8) is 0 Å². The monoisotopic (exact) mass is 323 g/mol. The number of nitrogens with zero attached hydrogens (tertiary/aromatic N) is 1. The molecule has 1 aromatic carbocycles. The molecular formula is C15H17NO5S. The molecule has 1 aliphatic heterocycles. The van der Waals surface area contributed by atoms with E-state index in [2.05, 4.69) is 0 Å². The van der Waals surface area contributed by atoms with Crippen LogP contribution >= 0.6 is 11.8 Å². The van der Waals surface area contributed by atoms with Crippen LogP contribution in [0.5, 0.6) is 5.75 Å². The van der Waals surface area contributed by atoms with Crippen molar-refractivity contribution in [2.45, 2.75) is 18.6 Å². The van der Waals surface area contributed by atoms with Gasteiger partial charge in [-0.3, -0.25) is 9.59 Å². The van der Waals surface area contributed by atoms with E-state index in [1.807, 2.05) is 0 Å². The lowest BCUT2D eigenvalue weighted by Gasteiger charge is -2.20. The smallest absolute Gasteiger partial charge is 0.339 e. The number of thioether (sulfide) groups is 1. The Morgan fingerprint density at radius 2 is 2.05 bits per heavy atom. The molecular weight excluding hydrogens is 306 g/mol. The van der Waals surface area contributed by atoms with Gasteiger partial charge in [0.25, 0.3) is 0 Å². The van der Waals surface area contributed by atoms with E-state index in [0.29, 0.717) is 23.5 Å². The van der Waals surface area contributed by atoms with Gasteiger partial charge in [0.2, 0.25) is 5.91 Å². The van der Waals surface area contributed by atoms with Crippen molar-refractivity contribution in [2.24, 2.45) is 0 Å². The van der Waals surface area contributed by atoms with Gasteiger partial charge in [-0.05, 0) is 12.1 Å². The fraction of sp³-hybridized carbons (Fsp3) is 0.400. The van der Waals surface area contributed by atoms with E-state index in [9.17, 15) is 14.4 Å². The highest BCUT2D eigenvalue weighted by Crippen LogP contribution is 2.33. The van der Waals surface area contributed by atoms with Crippen LogP contribution in [0.4, 0.5) is 5.69 Å². The van der Waals surface area contributed by atoms with E-state index in [0.717, 1.165) is 11.8 Å². The number of anilines is 1. The first-order chi connectivity index (χ1) is 10.5. The summed E-state index contributed by atoms with van der Waals surface area (Å²) in [6, 6.07) is 4.84. The maximum atomic E-state index is 12.2. The van der Waals surface area contributed by atoms with Crippen molar-refractivity contribution in [3.05, 3.63) is 23.8 Å². The van der Waals surface area contributed by atoms with Gasteiger partial charge in [0.1, 0.15) is 5.75 Å². The average molecular weight is 323 g/mol. The summed E-state index contributed by atoms with van der Waals surface area (Å²) in [6.45, 7) is 1.85. The molecule has 0 bridgehead atoms. The quantitative estimate of drug-likeness (QED) is 0.788. The molecule has 1 heterocycles. The maximum absolute atomic E-state index is 12.2. The van der Waals surface area contributed by atoms with Crippen LogP contribution < -0.4 is 9.64 Å². The minimum Gasteiger partial charge on any atom is -0.497 e. The van der Waals surface area contributed by atoms with Crippen molar-refractivity contribution in [3.8, 4) is 5.75 Å². The van der Waals surface area contributed by atoms with Crippen LogP contribution in [-0.4, -0.2) is 43.0 Å². The summed E-state index contributed by atoms with van der Waals surface area (Å²) in [5.41, 5.74) is 0.743. The third kappa shape index (κ3) is 3.41. The fourth-order valence-corrected chi connectivity index (χ4v) is 3.28. The third-order valence-corrected chi connectivity index (χ3v) is 4.30. The molecule has 6 nitrogen and oxygen atoms in total. The Balaban J connectivity index is 2.35. The zero-order chi connectivity index (χ0) is 16.3. The number of ether oxygens (including phenoxy) is 2. The molecule has 0 aliphatic carbocycles. The largest absolute Gasteiger partial charge is 0.497 e. The second-order valence-corrected chi connectivity index (χ2v) is 6.29. The normalized spacial score (nSPS) is 17.5. The predicted octanol–water partition coefficient (Wildman–Crippen LogP) is 1.87. The lowest BCUT2D eigenvalue weighted by atomic mass is 10.1. The lowest BCUT2D eigenvalue weighted by Crippen LogP contribution is -2.27. The molecule has 1 aromatic rings. The summed E-state index contributed by atoms with van der Waals surface area (Å²) < 4.78 is 9.92. The van der Waals surface area contributed by atoms with Gasteiger partial charge in [0.05, 0.1) is 25.5 Å². The number of hydrogen-bond acceptors (Lipinski definition) is 6. The fourth-order valence-electron chi connectivity index (χ4n) is 2.37. The molecule has 2 rings (SSSR count). The van der Waals surface area contributed by atoms with Crippen LogP contribution in [0.3, 0.4) is 0 Å². The van der Waals surface area contributed by atoms with Crippen LogP contribution in [0.2, 0.25) is 0 Å². The molecule has 1 saturated heterocycles. The number of methoxy groups -OCH3 is 2. The molecule has 1 fully saturated rings. The molecule has 0 aromatic heterocycles. The van der Waals surface area contributed by atoms with Crippen molar-refractivity contribution in [1.29, 1.82) is 0 Å². The topological polar surface area (TPSA) is 72.9 Å². The summed E-state index contributed by atoms with van der Waals surface area (Å²) in [5.74, 6) is -0.108. The summed E-state index contributed by atoms with van der Waals surface area (Å²) in [7, 11) is 2.80. The number of benzene rings is 1. The molecule has 1 amide bonds. The molecule has 118 valence electrons. The second kappa shape index (κ2) is 6.83. The van der Waals surface area contributed by atoms with Gasteiger partial charge in [0.15, 0.2) is 5.12 Å². The van der Waals surface area contributed by atoms with E-state index in [1.54, 1.807) is 18.2 Å². The Hall–Kier alpha value is -2.02. The number of esters is 1. The standard InChI is InChI=1S/C15H17NO5S/c1-9(17)22-11-7-14(18)16(8-11)13-6-10(20-2)4-5-12(13)15(19)21-3/h4-6,11H,7-8H2,1-3H3. The van der Waals surface area contributed by atoms with Crippen molar-refractivity contribution in [1.82, 2.24) is 0 Å². The summed E-state index contributed by atoms with van der Waals surface area (Å²) >= 11 is 1.15. The van der Waals surface area contributed by atoms with Crippen LogP contribution in [0, 0.1) is 0 Å². The minimum absolute atomic E-state index is 0.0292. The average Bonchev–Trinajstić information content (AvgIpc) is 2.85. The Morgan fingerprint density at radius 3 is 2.64 bits per heavy atom. The third-order valence-electron chi connectivity index (χ3n) is 3.32. The molecule has 0 radical (unpaired) electrons. The van der Waals surface area contributed by atoms with Crippen molar-refractivity contribution < 1.29 is 23.9 Å². The van der Waals surface area contributed by atoms with Gasteiger partial charge in [-0.1, -0.05) is 11.8 Å². The number of amides is 1. The van der Waals surface area contributed by atoms with Gasteiger partial charge in [0, 0.05) is 31.2 Å². The Morgan fingerprint density at radius 1 is 1.32 bits per heavy atom. The molecule has 0 N–H and O–H groups in total. The highest BCUT2D eigenvalue weighted by molar-refractivity contribution is 8.14. The lowest BCUT2D eigenvalue weighted by molar-refractivity contribution is -0.117. The summed E-state index contributed by atoms with van der Waals surface area (Å²) in [4.78, 5) is 36.9. The molecule has 22 heavy (non-hydrogen) atoms. The second-order valence-electron chi connectivity index (χ2n) is 4.81. The number of hydrogen-bond donors (Lipinski definition) is 0. The SMILES string of the molecule is COC(=O)c1ccc(OC)cc1N1CC(SC(C)=O)CC1=O. The summed E-state index contributed by atoms with van der Waals surface area (Å²) in [6.07, 6.45) is 0.266. The summed E-state index contributed by atoms with van der Waals surface area (Å²) in [5, 5.41) is -0.139. The molecule has 7 heteroatoms. The zero-order valence-corrected chi connectivity index (χ0v) is 13.4. The molecule has 1 unspecified atom stereocenters. The highest BCUT2D eigenvalue weighted by Gasteiger charge is 2.34. The van der Waals surface area contributed by atoms with Crippen molar-refractivity contribution in [2.75, 3.05) is 25.7 Å². The number of carbonyl (C=O) groups excluding carboxylic acids is 3. The van der Waals surface area contributed by atoms with E-state index in [1.165, 1.54) is 26.0 Å². The Labute approximate surface area is 132 Å². The van der Waals surface area contributed by atoms with Crippen LogP contribution in [0.1, 0.15) is 23.7 Å². The van der Waals surface area contributed by atoms with Crippen LogP contribution in [0.25, 0.3) is 0 Å². The molecule has 1 atom stereocenters. The van der Waals surface area contributed by atoms with E-state index < -0.39 is 5.97 Å². The minimum atomic E-state index is -0.520. The van der Waals surface area contributed by atoms with Crippen LogP contribution in [-0.2, 0) is 14.3 Å². The van der Waals surface area contributed by atoms with Gasteiger partial charge < -0.3 is 14.4 Å². The Kier molecular flexibility index (Phi) is 5.07. The first kappa shape index (κ1) is 16.4. The number of rotatable bonds is 4. The van der Waals surface area contributed by atoms with Gasteiger partial charge in [-0.15, -0.1) is 0 Å². The van der Waals surface area contributed by atoms with Gasteiger partial charge in [-0.2, -0.15) is 0 Å². The maximum Gasteiger partial charge on any atom is 0.339 e. The molecule has 0 spiro atoms. The van der Waals surface area contributed by atoms with Crippen LogP contribution in [0.15, 0.2) is 18.2 Å². The molecule has 1 aliphatic rings. The molecule has 0 saturated carbocycles.